The van der Waals surface area contributed by atoms with Crippen LogP contribution in [0, 0.1) is 0 Å². The van der Waals surface area contributed by atoms with Crippen LogP contribution in [-0.2, 0) is 11.3 Å². The molecular formula is C22H21NO4S. The lowest BCUT2D eigenvalue weighted by atomic mass is 10.2. The number of esters is 1. The largest absolute Gasteiger partial charge is 0.489 e. The summed E-state index contributed by atoms with van der Waals surface area (Å²) in [4.78, 5) is 24.5. The van der Waals surface area contributed by atoms with E-state index in [-0.39, 0.29) is 18.5 Å². The Hall–Kier alpha value is -3.12. The molecule has 0 atom stereocenters. The van der Waals surface area contributed by atoms with Gasteiger partial charge in [-0.3, -0.25) is 4.79 Å². The second-order valence-electron chi connectivity index (χ2n) is 6.02. The average molecular weight is 395 g/mol. The fourth-order valence-corrected chi connectivity index (χ4v) is 3.09. The minimum absolute atomic E-state index is 0.104. The molecule has 6 heteroatoms. The van der Waals surface area contributed by atoms with Gasteiger partial charge in [0.05, 0.1) is 17.0 Å². The summed E-state index contributed by atoms with van der Waals surface area (Å²) in [6.45, 7) is 1.17. The zero-order chi connectivity index (χ0) is 19.6. The molecule has 1 amide bonds. The van der Waals surface area contributed by atoms with Crippen LogP contribution in [0.4, 0.5) is 0 Å². The Balaban J connectivity index is 1.35. The molecule has 3 aromatic rings. The molecule has 0 aliphatic rings. The molecule has 1 aromatic heterocycles. The number of rotatable bonds is 9. The first-order chi connectivity index (χ1) is 13.7. The quantitative estimate of drug-likeness (QED) is 0.433. The van der Waals surface area contributed by atoms with E-state index in [1.165, 1.54) is 11.3 Å². The van der Waals surface area contributed by atoms with Crippen molar-refractivity contribution in [3.05, 3.63) is 88.1 Å². The molecule has 1 heterocycles. The lowest BCUT2D eigenvalue weighted by Gasteiger charge is -2.08. The normalized spacial score (nSPS) is 10.3. The number of benzene rings is 2. The van der Waals surface area contributed by atoms with E-state index in [1.54, 1.807) is 30.3 Å². The number of amides is 1. The average Bonchev–Trinajstić information content (AvgIpc) is 3.28. The van der Waals surface area contributed by atoms with Crippen LogP contribution in [-0.4, -0.2) is 25.0 Å². The van der Waals surface area contributed by atoms with Gasteiger partial charge in [-0.2, -0.15) is 0 Å². The molecule has 0 aliphatic heterocycles. The first-order valence-electron chi connectivity index (χ1n) is 8.98. The fraction of sp³-hybridized carbons (Fsp3) is 0.182. The Labute approximate surface area is 167 Å². The second-order valence-corrected chi connectivity index (χ2v) is 6.97. The van der Waals surface area contributed by atoms with Crippen molar-refractivity contribution in [3.63, 3.8) is 0 Å². The van der Waals surface area contributed by atoms with Gasteiger partial charge in [0, 0.05) is 6.54 Å². The minimum Gasteiger partial charge on any atom is -0.489 e. The highest BCUT2D eigenvalue weighted by Crippen LogP contribution is 2.15. The van der Waals surface area contributed by atoms with Gasteiger partial charge < -0.3 is 14.8 Å². The standard InChI is InChI=1S/C22H21NO4S/c24-21(20-8-4-15-28-20)23-13-5-14-26-22(25)18-9-11-19(12-10-18)27-16-17-6-2-1-3-7-17/h1-4,6-12,15H,5,13-14,16H2,(H,23,24). The highest BCUT2D eigenvalue weighted by Gasteiger charge is 2.08. The monoisotopic (exact) mass is 395 g/mol. The van der Waals surface area contributed by atoms with Gasteiger partial charge in [0.1, 0.15) is 12.4 Å². The first kappa shape index (κ1) is 19.6. The minimum atomic E-state index is -0.390. The summed E-state index contributed by atoms with van der Waals surface area (Å²) in [7, 11) is 0. The van der Waals surface area contributed by atoms with E-state index in [9.17, 15) is 9.59 Å². The maximum Gasteiger partial charge on any atom is 0.338 e. The molecule has 0 saturated carbocycles. The van der Waals surface area contributed by atoms with Crippen LogP contribution in [0.5, 0.6) is 5.75 Å². The third-order valence-corrected chi connectivity index (χ3v) is 4.79. The molecule has 0 radical (unpaired) electrons. The maximum absolute atomic E-state index is 12.1. The lowest BCUT2D eigenvalue weighted by molar-refractivity contribution is 0.0501. The number of nitrogens with one attached hydrogen (secondary N) is 1. The molecule has 0 fully saturated rings. The fourth-order valence-electron chi connectivity index (χ4n) is 2.45. The van der Waals surface area contributed by atoms with Crippen LogP contribution in [0.1, 0.15) is 32.0 Å². The molecule has 0 spiro atoms. The zero-order valence-corrected chi connectivity index (χ0v) is 16.1. The lowest BCUT2D eigenvalue weighted by Crippen LogP contribution is -2.24. The van der Waals surface area contributed by atoms with Crippen molar-refractivity contribution in [1.82, 2.24) is 5.32 Å². The molecule has 0 aliphatic carbocycles. The van der Waals surface area contributed by atoms with Gasteiger partial charge in [-0.05, 0) is 47.7 Å². The van der Waals surface area contributed by atoms with Crippen LogP contribution >= 0.6 is 11.3 Å². The van der Waals surface area contributed by atoms with Crippen molar-refractivity contribution in [2.24, 2.45) is 0 Å². The van der Waals surface area contributed by atoms with Crippen LogP contribution < -0.4 is 10.1 Å². The number of carbonyl (C=O) groups excluding carboxylic acids is 2. The third kappa shape index (κ3) is 5.96. The van der Waals surface area contributed by atoms with Crippen molar-refractivity contribution in [2.75, 3.05) is 13.2 Å². The summed E-state index contributed by atoms with van der Waals surface area (Å²) in [5.74, 6) is 0.198. The molecule has 5 nitrogen and oxygen atoms in total. The van der Waals surface area contributed by atoms with Gasteiger partial charge in [0.2, 0.25) is 0 Å². The molecule has 28 heavy (non-hydrogen) atoms. The van der Waals surface area contributed by atoms with Crippen LogP contribution in [0.2, 0.25) is 0 Å². The first-order valence-corrected chi connectivity index (χ1v) is 9.86. The molecule has 0 unspecified atom stereocenters. The molecule has 3 rings (SSSR count). The number of ether oxygens (including phenoxy) is 2. The van der Waals surface area contributed by atoms with Gasteiger partial charge in [0.25, 0.3) is 5.91 Å². The second kappa shape index (κ2) is 10.3. The molecule has 0 bridgehead atoms. The summed E-state index contributed by atoms with van der Waals surface area (Å²) >= 11 is 1.39. The molecular weight excluding hydrogens is 374 g/mol. The van der Waals surface area contributed by atoms with E-state index in [0.717, 1.165) is 5.56 Å². The predicted octanol–water partition coefficient (Wildman–Crippen LogP) is 4.30. The summed E-state index contributed by atoms with van der Waals surface area (Å²) in [6.07, 6.45) is 0.557. The predicted molar refractivity (Wildman–Crippen MR) is 109 cm³/mol. The Kier molecular flexibility index (Phi) is 7.21. The van der Waals surface area contributed by atoms with Crippen LogP contribution in [0.25, 0.3) is 0 Å². The number of carbonyl (C=O) groups is 2. The van der Waals surface area contributed by atoms with Crippen molar-refractivity contribution in [3.8, 4) is 5.75 Å². The van der Waals surface area contributed by atoms with Crippen LogP contribution in [0.3, 0.4) is 0 Å². The molecule has 0 saturated heterocycles. The van der Waals surface area contributed by atoms with E-state index in [4.69, 9.17) is 9.47 Å². The van der Waals surface area contributed by atoms with E-state index in [1.807, 2.05) is 41.8 Å². The summed E-state index contributed by atoms with van der Waals surface area (Å²) in [5.41, 5.74) is 1.55. The van der Waals surface area contributed by atoms with Crippen molar-refractivity contribution in [2.45, 2.75) is 13.0 Å². The van der Waals surface area contributed by atoms with E-state index in [2.05, 4.69) is 5.32 Å². The van der Waals surface area contributed by atoms with Gasteiger partial charge >= 0.3 is 5.97 Å². The smallest absolute Gasteiger partial charge is 0.338 e. The molecule has 1 N–H and O–H groups in total. The zero-order valence-electron chi connectivity index (χ0n) is 15.3. The Bertz CT molecular complexity index is 877. The van der Waals surface area contributed by atoms with Gasteiger partial charge in [-0.1, -0.05) is 36.4 Å². The maximum atomic E-state index is 12.1. The van der Waals surface area contributed by atoms with Gasteiger partial charge in [-0.15, -0.1) is 11.3 Å². The summed E-state index contributed by atoms with van der Waals surface area (Å²) in [5, 5.41) is 4.65. The van der Waals surface area contributed by atoms with E-state index >= 15 is 0 Å². The molecule has 144 valence electrons. The van der Waals surface area contributed by atoms with E-state index < -0.39 is 0 Å². The van der Waals surface area contributed by atoms with Gasteiger partial charge in [-0.25, -0.2) is 4.79 Å². The topological polar surface area (TPSA) is 64.6 Å². The van der Waals surface area contributed by atoms with Crippen LogP contribution in [0.15, 0.2) is 72.1 Å². The van der Waals surface area contributed by atoms with E-state index in [0.29, 0.717) is 35.8 Å². The SMILES string of the molecule is O=C(OCCCNC(=O)c1cccs1)c1ccc(OCc2ccccc2)cc1. The third-order valence-electron chi connectivity index (χ3n) is 3.92. The Morgan fingerprint density at radius 3 is 2.43 bits per heavy atom. The molecule has 2 aromatic carbocycles. The highest BCUT2D eigenvalue weighted by atomic mass is 32.1. The van der Waals surface area contributed by atoms with Crippen molar-refractivity contribution in [1.29, 1.82) is 0 Å². The van der Waals surface area contributed by atoms with Crippen molar-refractivity contribution < 1.29 is 19.1 Å². The Morgan fingerprint density at radius 2 is 1.71 bits per heavy atom. The van der Waals surface area contributed by atoms with Gasteiger partial charge in [0.15, 0.2) is 0 Å². The number of thiophene rings is 1. The highest BCUT2D eigenvalue weighted by molar-refractivity contribution is 7.12. The number of hydrogen-bond acceptors (Lipinski definition) is 5. The Morgan fingerprint density at radius 1 is 0.929 bits per heavy atom. The number of hydrogen-bond donors (Lipinski definition) is 1. The summed E-state index contributed by atoms with van der Waals surface area (Å²) < 4.78 is 10.9. The summed E-state index contributed by atoms with van der Waals surface area (Å²) in [6, 6.07) is 20.3. The van der Waals surface area contributed by atoms with Crippen molar-refractivity contribution >= 4 is 23.2 Å².